The van der Waals surface area contributed by atoms with Crippen molar-refractivity contribution in [3.63, 3.8) is 0 Å². The lowest BCUT2D eigenvalue weighted by Gasteiger charge is -2.30. The quantitative estimate of drug-likeness (QED) is 0.700. The van der Waals surface area contributed by atoms with Crippen molar-refractivity contribution in [3.8, 4) is 0 Å². The van der Waals surface area contributed by atoms with Crippen LogP contribution in [0.2, 0.25) is 0 Å². The van der Waals surface area contributed by atoms with Crippen molar-refractivity contribution in [1.29, 1.82) is 0 Å². The Morgan fingerprint density at radius 1 is 0.900 bits per heavy atom. The van der Waals surface area contributed by atoms with E-state index in [9.17, 15) is 8.76 Å². The van der Waals surface area contributed by atoms with Gasteiger partial charge in [0.25, 0.3) is 0 Å². The van der Waals surface area contributed by atoms with Crippen molar-refractivity contribution in [2.75, 3.05) is 13.1 Å². The maximum Gasteiger partial charge on any atom is 0.234 e. The summed E-state index contributed by atoms with van der Waals surface area (Å²) in [6.07, 6.45) is 2.13. The summed E-state index contributed by atoms with van der Waals surface area (Å²) in [7, 11) is 0. The molecule has 0 spiro atoms. The predicted molar refractivity (Wildman–Crippen MR) is 88.8 cm³/mol. The first kappa shape index (κ1) is 20.1. The highest BCUT2D eigenvalue weighted by Gasteiger charge is 2.23. The third-order valence-corrected chi connectivity index (χ3v) is 3.91. The molecule has 0 aromatic heterocycles. The van der Waals surface area contributed by atoms with Gasteiger partial charge in [-0.3, -0.25) is 4.55 Å². The average molecular weight is 306 g/mol. The summed E-state index contributed by atoms with van der Waals surface area (Å²) >= 11 is -1.87. The molecule has 20 heavy (non-hydrogen) atoms. The van der Waals surface area contributed by atoms with E-state index in [1.54, 1.807) is 4.31 Å². The van der Waals surface area contributed by atoms with Crippen LogP contribution in [-0.4, -0.2) is 26.2 Å². The van der Waals surface area contributed by atoms with Crippen molar-refractivity contribution < 1.29 is 8.76 Å². The van der Waals surface area contributed by atoms with Crippen LogP contribution in [0, 0.1) is 22.7 Å². The van der Waals surface area contributed by atoms with Gasteiger partial charge in [-0.25, -0.2) is 8.51 Å². The molecular weight excluding hydrogens is 270 g/mol. The van der Waals surface area contributed by atoms with E-state index in [-0.39, 0.29) is 10.8 Å². The molecule has 0 heterocycles. The fourth-order valence-corrected chi connectivity index (χ4v) is 3.88. The van der Waals surface area contributed by atoms with Crippen LogP contribution in [0.15, 0.2) is 0 Å². The second-order valence-corrected chi connectivity index (χ2v) is 9.80. The molecule has 0 aliphatic rings. The Morgan fingerprint density at radius 2 is 1.20 bits per heavy atom. The summed E-state index contributed by atoms with van der Waals surface area (Å²) in [5, 5.41) is 0. The molecule has 3 unspecified atom stereocenters. The minimum atomic E-state index is -1.87. The Morgan fingerprint density at radius 3 is 1.40 bits per heavy atom. The average Bonchev–Trinajstić information content (AvgIpc) is 2.09. The van der Waals surface area contributed by atoms with Gasteiger partial charge in [0.2, 0.25) is 11.3 Å². The monoisotopic (exact) mass is 305 g/mol. The van der Waals surface area contributed by atoms with Crippen LogP contribution in [0.1, 0.15) is 68.2 Å². The van der Waals surface area contributed by atoms with E-state index in [2.05, 4.69) is 55.4 Å². The molecule has 0 rings (SSSR count). The molecule has 1 N–H and O–H groups in total. The third-order valence-electron chi connectivity index (χ3n) is 3.17. The Bertz CT molecular complexity index is 281. The highest BCUT2D eigenvalue weighted by Crippen LogP contribution is 2.27. The van der Waals surface area contributed by atoms with Gasteiger partial charge in [-0.05, 0) is 35.5 Å². The highest BCUT2D eigenvalue weighted by molar-refractivity contribution is 7.76. The second-order valence-electron chi connectivity index (χ2n) is 8.82. The fraction of sp³-hybridized carbons (Fsp3) is 1.00. The molecule has 122 valence electrons. The van der Waals surface area contributed by atoms with Crippen molar-refractivity contribution in [2.24, 2.45) is 22.7 Å². The van der Waals surface area contributed by atoms with E-state index < -0.39 is 11.3 Å². The van der Waals surface area contributed by atoms with Crippen LogP contribution in [0.25, 0.3) is 0 Å². The zero-order valence-electron chi connectivity index (χ0n) is 14.7. The highest BCUT2D eigenvalue weighted by atomic mass is 32.2. The molecule has 0 aromatic rings. The van der Waals surface area contributed by atoms with Gasteiger partial charge in [0, 0.05) is 13.1 Å². The molecule has 0 saturated carbocycles. The first-order valence-electron chi connectivity index (χ1n) is 7.66. The van der Waals surface area contributed by atoms with E-state index in [4.69, 9.17) is 0 Å². The molecular formula is C16H35NO2S. The van der Waals surface area contributed by atoms with Gasteiger partial charge in [-0.2, -0.15) is 0 Å². The predicted octanol–water partition coefficient (Wildman–Crippen LogP) is 4.57. The molecule has 0 radical (unpaired) electrons. The van der Waals surface area contributed by atoms with Crippen LogP contribution < -0.4 is 0 Å². The Balaban J connectivity index is 4.48. The van der Waals surface area contributed by atoms with Gasteiger partial charge in [0.1, 0.15) is 0 Å². The molecule has 4 heteroatoms. The van der Waals surface area contributed by atoms with Crippen LogP contribution >= 0.6 is 0 Å². The molecule has 0 aliphatic carbocycles. The summed E-state index contributed by atoms with van der Waals surface area (Å²) in [5.74, 6) is 0.848. The molecule has 3 nitrogen and oxygen atoms in total. The summed E-state index contributed by atoms with van der Waals surface area (Å²) in [4.78, 5) is 0. The number of hydrogen-bond acceptors (Lipinski definition) is 1. The fourth-order valence-electron chi connectivity index (χ4n) is 3.12. The summed E-state index contributed by atoms with van der Waals surface area (Å²) < 4.78 is 22.8. The SMILES string of the molecule is CC(CN(CC(C)CC(C)(C)C)S(=O)O)CC(C)(C)C. The van der Waals surface area contributed by atoms with Crippen molar-refractivity contribution >= 4 is 11.3 Å². The molecule has 0 bridgehead atoms. The first-order valence-corrected chi connectivity index (χ1v) is 8.72. The second kappa shape index (κ2) is 7.90. The topological polar surface area (TPSA) is 40.5 Å². The third kappa shape index (κ3) is 10.8. The van der Waals surface area contributed by atoms with Gasteiger partial charge < -0.3 is 0 Å². The van der Waals surface area contributed by atoms with Gasteiger partial charge >= 0.3 is 0 Å². The smallest absolute Gasteiger partial charge is 0.234 e. The van der Waals surface area contributed by atoms with Gasteiger partial charge in [0.15, 0.2) is 0 Å². The number of hydrogen-bond donors (Lipinski definition) is 1. The lowest BCUT2D eigenvalue weighted by atomic mass is 9.84. The Hall–Kier alpha value is 0.0700. The lowest BCUT2D eigenvalue weighted by Crippen LogP contribution is -2.35. The number of rotatable bonds is 7. The minimum absolute atomic E-state index is 0.263. The molecule has 0 aliphatic heterocycles. The summed E-state index contributed by atoms with van der Waals surface area (Å²) in [6.45, 7) is 19.0. The Kier molecular flexibility index (Phi) is 7.93. The first-order chi connectivity index (χ1) is 8.80. The standard InChI is InChI=1S/C16H35NO2S/c1-13(9-15(3,4)5)11-17(20(18)19)12-14(2)10-16(6,7)8/h13-14H,9-12H2,1-8H3,(H,18,19). The van der Waals surface area contributed by atoms with Crippen LogP contribution in [0.3, 0.4) is 0 Å². The van der Waals surface area contributed by atoms with E-state index in [0.717, 1.165) is 12.8 Å². The normalized spacial score (nSPS) is 18.1. The van der Waals surface area contributed by atoms with Gasteiger partial charge in [-0.15, -0.1) is 0 Å². The molecule has 0 fully saturated rings. The van der Waals surface area contributed by atoms with Crippen LogP contribution in [0.5, 0.6) is 0 Å². The van der Waals surface area contributed by atoms with E-state index in [0.29, 0.717) is 24.9 Å². The van der Waals surface area contributed by atoms with Gasteiger partial charge in [-0.1, -0.05) is 55.4 Å². The van der Waals surface area contributed by atoms with Crippen LogP contribution in [-0.2, 0) is 11.3 Å². The molecule has 3 atom stereocenters. The van der Waals surface area contributed by atoms with Crippen molar-refractivity contribution in [3.05, 3.63) is 0 Å². The molecule has 0 amide bonds. The van der Waals surface area contributed by atoms with E-state index >= 15 is 0 Å². The lowest BCUT2D eigenvalue weighted by molar-refractivity contribution is 0.224. The summed E-state index contributed by atoms with van der Waals surface area (Å²) in [5.41, 5.74) is 0.526. The van der Waals surface area contributed by atoms with Crippen molar-refractivity contribution in [2.45, 2.75) is 68.2 Å². The maximum atomic E-state index is 11.5. The summed E-state index contributed by atoms with van der Waals surface area (Å²) in [6, 6.07) is 0. The molecule has 0 aromatic carbocycles. The maximum absolute atomic E-state index is 11.5. The van der Waals surface area contributed by atoms with E-state index in [1.165, 1.54) is 0 Å². The van der Waals surface area contributed by atoms with Crippen molar-refractivity contribution in [1.82, 2.24) is 4.31 Å². The molecule has 0 saturated heterocycles. The number of nitrogens with zero attached hydrogens (tertiary/aromatic N) is 1. The zero-order valence-corrected chi connectivity index (χ0v) is 15.5. The van der Waals surface area contributed by atoms with Crippen LogP contribution in [0.4, 0.5) is 0 Å². The van der Waals surface area contributed by atoms with Gasteiger partial charge in [0.05, 0.1) is 0 Å². The largest absolute Gasteiger partial charge is 0.294 e. The van der Waals surface area contributed by atoms with E-state index in [1.807, 2.05) is 0 Å². The zero-order chi connectivity index (χ0) is 16.1. The Labute approximate surface area is 128 Å². The minimum Gasteiger partial charge on any atom is -0.294 e.